The molecule has 3 N–H and O–H groups in total. The number of benzene rings is 1. The largest absolute Gasteiger partial charge is 0.351 e. The number of nitrogens with one attached hydrogen (secondary N) is 3. The smallest absolute Gasteiger partial charge is 0.275 e. The minimum atomic E-state index is 0.000150. The Morgan fingerprint density at radius 1 is 1.22 bits per heavy atom. The van der Waals surface area contributed by atoms with E-state index in [0.29, 0.717) is 19.6 Å². The van der Waals surface area contributed by atoms with E-state index in [4.69, 9.17) is 0 Å². The highest BCUT2D eigenvalue weighted by Crippen LogP contribution is 2.29. The van der Waals surface area contributed by atoms with Gasteiger partial charge in [-0.3, -0.25) is 9.59 Å². The van der Waals surface area contributed by atoms with E-state index in [-0.39, 0.29) is 17.9 Å². The van der Waals surface area contributed by atoms with Crippen molar-refractivity contribution in [3.63, 3.8) is 0 Å². The van der Waals surface area contributed by atoms with Crippen molar-refractivity contribution in [1.29, 1.82) is 0 Å². The van der Waals surface area contributed by atoms with Crippen LogP contribution in [0.3, 0.4) is 0 Å². The number of hydrogen-bond acceptors (Lipinski definition) is 2. The Morgan fingerprint density at radius 3 is 2.74 bits per heavy atom. The van der Waals surface area contributed by atoms with Gasteiger partial charge in [-0.1, -0.05) is 31.2 Å². The lowest BCUT2D eigenvalue weighted by atomic mass is 9.88. The van der Waals surface area contributed by atoms with Crippen LogP contribution in [0.25, 0.3) is 0 Å². The van der Waals surface area contributed by atoms with Crippen LogP contribution in [0.1, 0.15) is 43.4 Å². The third-order valence-corrected chi connectivity index (χ3v) is 4.20. The highest BCUT2D eigenvalue weighted by molar-refractivity contribution is 5.79. The molecule has 0 aromatic heterocycles. The van der Waals surface area contributed by atoms with Gasteiger partial charge in [-0.15, -0.1) is 0 Å². The second-order valence-corrected chi connectivity index (χ2v) is 6.37. The van der Waals surface area contributed by atoms with Crippen LogP contribution < -0.4 is 15.5 Å². The van der Waals surface area contributed by atoms with Gasteiger partial charge in [-0.05, 0) is 36.8 Å². The van der Waals surface area contributed by atoms with Gasteiger partial charge < -0.3 is 15.5 Å². The Morgan fingerprint density at radius 2 is 1.96 bits per heavy atom. The Bertz CT molecular complexity index is 545. The van der Waals surface area contributed by atoms with Gasteiger partial charge >= 0.3 is 0 Å². The van der Waals surface area contributed by atoms with E-state index in [0.717, 1.165) is 30.6 Å². The van der Waals surface area contributed by atoms with Crippen molar-refractivity contribution in [2.24, 2.45) is 0 Å². The molecule has 0 radical (unpaired) electrons. The summed E-state index contributed by atoms with van der Waals surface area (Å²) in [4.78, 5) is 24.9. The van der Waals surface area contributed by atoms with E-state index in [1.165, 1.54) is 11.1 Å². The Kier molecular flexibility index (Phi) is 6.59. The lowest BCUT2D eigenvalue weighted by Crippen LogP contribution is -3.11. The monoisotopic (exact) mass is 318 g/mol. The van der Waals surface area contributed by atoms with E-state index in [1.807, 2.05) is 20.0 Å². The maximum Gasteiger partial charge on any atom is 0.275 e. The zero-order valence-electron chi connectivity index (χ0n) is 14.2. The zero-order valence-corrected chi connectivity index (χ0v) is 14.2. The van der Waals surface area contributed by atoms with Crippen LogP contribution in [0.15, 0.2) is 24.3 Å². The van der Waals surface area contributed by atoms with Crippen LogP contribution in [0, 0.1) is 0 Å². The molecule has 1 aromatic carbocycles. The van der Waals surface area contributed by atoms with Crippen molar-refractivity contribution >= 4 is 11.8 Å². The quantitative estimate of drug-likeness (QED) is 0.673. The molecular formula is C18H28N3O2+. The summed E-state index contributed by atoms with van der Waals surface area (Å²) in [6.07, 6.45) is 4.10. The first-order valence-corrected chi connectivity index (χ1v) is 8.55. The Hall–Kier alpha value is -1.88. The molecule has 2 atom stereocenters. The molecule has 1 aliphatic carbocycles. The highest BCUT2D eigenvalue weighted by atomic mass is 16.2. The summed E-state index contributed by atoms with van der Waals surface area (Å²) < 4.78 is 0. The van der Waals surface area contributed by atoms with Crippen LogP contribution in [-0.4, -0.2) is 38.5 Å². The molecule has 2 rings (SSSR count). The number of amides is 2. The number of likely N-dealkylation sites (N-methyl/N-ethyl adjacent to an activating group) is 1. The summed E-state index contributed by atoms with van der Waals surface area (Å²) in [6.45, 7) is 3.36. The molecule has 1 unspecified atom stereocenters. The van der Waals surface area contributed by atoms with E-state index >= 15 is 0 Å². The van der Waals surface area contributed by atoms with E-state index < -0.39 is 0 Å². The maximum absolute atomic E-state index is 12.3. The average molecular weight is 318 g/mol. The van der Waals surface area contributed by atoms with Gasteiger partial charge in [-0.2, -0.15) is 0 Å². The van der Waals surface area contributed by atoms with E-state index in [1.54, 1.807) is 0 Å². The van der Waals surface area contributed by atoms with Crippen LogP contribution in [0.5, 0.6) is 0 Å². The zero-order chi connectivity index (χ0) is 16.7. The van der Waals surface area contributed by atoms with Gasteiger partial charge in [0.25, 0.3) is 11.8 Å². The number of rotatable bonds is 7. The summed E-state index contributed by atoms with van der Waals surface area (Å²) >= 11 is 0. The van der Waals surface area contributed by atoms with Crippen molar-refractivity contribution in [3.05, 3.63) is 35.4 Å². The number of carbonyl (C=O) groups excluding carboxylic acids is 2. The number of aryl methyl sites for hydroxylation is 1. The predicted octanol–water partition coefficient (Wildman–Crippen LogP) is 0.221. The number of carbonyl (C=O) groups is 2. The van der Waals surface area contributed by atoms with Gasteiger partial charge in [0, 0.05) is 6.54 Å². The first kappa shape index (κ1) is 17.5. The standard InChI is InChI=1S/C18H27N3O2/c1-3-11-19-17(22)12-21(2)13-18(23)20-16-10-6-8-14-7-4-5-9-15(14)16/h4-5,7,9,16H,3,6,8,10-13H2,1-2H3,(H,19,22)(H,20,23)/p+1/t16-/m1/s1. The summed E-state index contributed by atoms with van der Waals surface area (Å²) in [5.74, 6) is 0.00709. The molecule has 126 valence electrons. The lowest BCUT2D eigenvalue weighted by molar-refractivity contribution is -0.862. The fourth-order valence-electron chi connectivity index (χ4n) is 3.09. The van der Waals surface area contributed by atoms with Crippen molar-refractivity contribution in [2.45, 2.75) is 38.6 Å². The SMILES string of the molecule is CCCNC(=O)C[NH+](C)CC(=O)N[C@@H]1CCCc2ccccc21. The molecule has 5 nitrogen and oxygen atoms in total. The Balaban J connectivity index is 1.82. The molecule has 1 aliphatic rings. The van der Waals surface area contributed by atoms with Crippen LogP contribution in [0.2, 0.25) is 0 Å². The molecule has 0 saturated heterocycles. The third kappa shape index (κ3) is 5.36. The van der Waals surface area contributed by atoms with Crippen LogP contribution in [-0.2, 0) is 16.0 Å². The third-order valence-electron chi connectivity index (χ3n) is 4.20. The van der Waals surface area contributed by atoms with Gasteiger partial charge in [0.15, 0.2) is 13.1 Å². The van der Waals surface area contributed by atoms with E-state index in [9.17, 15) is 9.59 Å². The lowest BCUT2D eigenvalue weighted by Gasteiger charge is -2.26. The molecule has 0 fully saturated rings. The molecular weight excluding hydrogens is 290 g/mol. The normalized spacial score (nSPS) is 17.9. The van der Waals surface area contributed by atoms with Crippen LogP contribution in [0.4, 0.5) is 0 Å². The molecule has 0 saturated carbocycles. The van der Waals surface area contributed by atoms with Gasteiger partial charge in [0.1, 0.15) is 0 Å². The molecule has 0 spiro atoms. The molecule has 23 heavy (non-hydrogen) atoms. The predicted molar refractivity (Wildman–Crippen MR) is 90.2 cm³/mol. The summed E-state index contributed by atoms with van der Waals surface area (Å²) in [6, 6.07) is 8.43. The second kappa shape index (κ2) is 8.67. The Labute approximate surface area is 138 Å². The first-order chi connectivity index (χ1) is 11.1. The molecule has 0 bridgehead atoms. The summed E-state index contributed by atoms with van der Waals surface area (Å²) in [5, 5.41) is 5.97. The van der Waals surface area contributed by atoms with Crippen molar-refractivity contribution < 1.29 is 14.5 Å². The van der Waals surface area contributed by atoms with Crippen molar-refractivity contribution in [1.82, 2.24) is 10.6 Å². The van der Waals surface area contributed by atoms with Gasteiger partial charge in [-0.25, -0.2) is 0 Å². The minimum Gasteiger partial charge on any atom is -0.351 e. The minimum absolute atomic E-state index is 0.000150. The number of fused-ring (bicyclic) bond motifs is 1. The fourth-order valence-corrected chi connectivity index (χ4v) is 3.09. The number of quaternary nitrogens is 1. The average Bonchev–Trinajstić information content (AvgIpc) is 2.53. The second-order valence-electron chi connectivity index (χ2n) is 6.37. The highest BCUT2D eigenvalue weighted by Gasteiger charge is 2.23. The van der Waals surface area contributed by atoms with Gasteiger partial charge in [0.05, 0.1) is 13.1 Å². The van der Waals surface area contributed by atoms with Crippen molar-refractivity contribution in [3.8, 4) is 0 Å². The molecule has 5 heteroatoms. The first-order valence-electron chi connectivity index (χ1n) is 8.55. The van der Waals surface area contributed by atoms with Gasteiger partial charge in [0.2, 0.25) is 0 Å². The van der Waals surface area contributed by atoms with Crippen LogP contribution >= 0.6 is 0 Å². The van der Waals surface area contributed by atoms with E-state index in [2.05, 4.69) is 28.8 Å². The number of hydrogen-bond donors (Lipinski definition) is 3. The molecule has 0 heterocycles. The summed E-state index contributed by atoms with van der Waals surface area (Å²) in [5.41, 5.74) is 2.58. The molecule has 2 amide bonds. The summed E-state index contributed by atoms with van der Waals surface area (Å²) in [7, 11) is 1.87. The maximum atomic E-state index is 12.3. The topological polar surface area (TPSA) is 62.6 Å². The molecule has 1 aromatic rings. The van der Waals surface area contributed by atoms with Crippen molar-refractivity contribution in [2.75, 3.05) is 26.7 Å². The molecule has 0 aliphatic heterocycles. The fraction of sp³-hybridized carbons (Fsp3) is 0.556.